The van der Waals surface area contributed by atoms with Gasteiger partial charge in [0.1, 0.15) is 11.6 Å². The van der Waals surface area contributed by atoms with Crippen molar-refractivity contribution in [1.29, 1.82) is 5.26 Å². The van der Waals surface area contributed by atoms with Gasteiger partial charge in [-0.3, -0.25) is 4.79 Å². The zero-order valence-corrected chi connectivity index (χ0v) is 20.5. The number of nitrogens with zero attached hydrogens (tertiary/aromatic N) is 5. The summed E-state index contributed by atoms with van der Waals surface area (Å²) >= 11 is 1.55. The third-order valence-corrected chi connectivity index (χ3v) is 8.55. The van der Waals surface area contributed by atoms with Crippen LogP contribution < -0.4 is 15.5 Å². The van der Waals surface area contributed by atoms with Crippen LogP contribution in [0, 0.1) is 17.2 Å². The SMILES string of the molecule is N#CC1CN(C(=O)c2sc3cnc(Nc4ccc(N5CCNCC5)cn4)cc3c2C2CCCC2)C1. The molecule has 1 saturated carbocycles. The van der Waals surface area contributed by atoms with Crippen molar-refractivity contribution in [3.63, 3.8) is 0 Å². The van der Waals surface area contributed by atoms with Crippen LogP contribution >= 0.6 is 11.3 Å². The molecule has 0 bridgehead atoms. The first-order valence-corrected chi connectivity index (χ1v) is 13.3. The largest absolute Gasteiger partial charge is 0.368 e. The van der Waals surface area contributed by atoms with Crippen LogP contribution in [0.15, 0.2) is 30.6 Å². The third-order valence-electron chi connectivity index (χ3n) is 7.41. The number of piperazine rings is 1. The Labute approximate surface area is 209 Å². The van der Waals surface area contributed by atoms with Crippen LogP contribution in [0.5, 0.6) is 0 Å². The van der Waals surface area contributed by atoms with Gasteiger partial charge in [-0.1, -0.05) is 12.8 Å². The molecule has 6 rings (SSSR count). The number of carbonyl (C=O) groups is 1. The van der Waals surface area contributed by atoms with E-state index < -0.39 is 0 Å². The second-order valence-electron chi connectivity index (χ2n) is 9.69. The standard InChI is InChI=1S/C26H29N7OS/c27-12-17-15-33(16-17)26(34)25-24(18-3-1-2-4-18)20-11-23(30-14-21(20)35-25)31-22-6-5-19(13-29-22)32-9-7-28-8-10-32/h5-6,11,13-14,17-18,28H,1-4,7-10,15-16H2,(H,29,30,31). The summed E-state index contributed by atoms with van der Waals surface area (Å²) in [5.74, 6) is 1.94. The first kappa shape index (κ1) is 22.3. The number of aromatic nitrogens is 2. The van der Waals surface area contributed by atoms with E-state index in [0.29, 0.717) is 19.0 Å². The topological polar surface area (TPSA) is 97.2 Å². The molecule has 5 heterocycles. The van der Waals surface area contributed by atoms with Crippen molar-refractivity contribution in [3.8, 4) is 6.07 Å². The van der Waals surface area contributed by atoms with E-state index in [2.05, 4.69) is 43.7 Å². The number of hydrogen-bond donors (Lipinski definition) is 2. The summed E-state index contributed by atoms with van der Waals surface area (Å²) in [5, 5.41) is 17.0. The van der Waals surface area contributed by atoms with Gasteiger partial charge < -0.3 is 20.4 Å². The van der Waals surface area contributed by atoms with E-state index in [0.717, 1.165) is 71.3 Å². The highest BCUT2D eigenvalue weighted by atomic mass is 32.1. The minimum absolute atomic E-state index is 0.0359. The Hall–Kier alpha value is -3.22. The van der Waals surface area contributed by atoms with Gasteiger partial charge in [0.15, 0.2) is 0 Å². The van der Waals surface area contributed by atoms with Gasteiger partial charge in [-0.25, -0.2) is 9.97 Å². The lowest BCUT2D eigenvalue weighted by Crippen LogP contribution is -2.49. The van der Waals surface area contributed by atoms with Crippen molar-refractivity contribution in [2.75, 3.05) is 49.5 Å². The van der Waals surface area contributed by atoms with Crippen molar-refractivity contribution >= 4 is 44.7 Å². The van der Waals surface area contributed by atoms with Crippen molar-refractivity contribution < 1.29 is 4.79 Å². The van der Waals surface area contributed by atoms with E-state index in [1.54, 1.807) is 11.3 Å². The molecule has 0 spiro atoms. The number of nitrogens with one attached hydrogen (secondary N) is 2. The maximum absolute atomic E-state index is 13.3. The minimum Gasteiger partial charge on any atom is -0.368 e. The Kier molecular flexibility index (Phi) is 6.00. The Morgan fingerprint density at radius 2 is 1.89 bits per heavy atom. The summed E-state index contributed by atoms with van der Waals surface area (Å²) in [6, 6.07) is 8.45. The molecule has 2 aliphatic heterocycles. The second kappa shape index (κ2) is 9.44. The van der Waals surface area contributed by atoms with Crippen LogP contribution in [0.4, 0.5) is 17.3 Å². The molecule has 3 aromatic heterocycles. The fraction of sp³-hybridized carbons (Fsp3) is 0.462. The molecular weight excluding hydrogens is 458 g/mol. The summed E-state index contributed by atoms with van der Waals surface area (Å²) in [7, 11) is 0. The maximum Gasteiger partial charge on any atom is 0.264 e. The number of rotatable bonds is 5. The number of nitriles is 1. The average Bonchev–Trinajstić information content (AvgIpc) is 3.52. The molecule has 0 unspecified atom stereocenters. The summed E-state index contributed by atoms with van der Waals surface area (Å²) in [5.41, 5.74) is 2.31. The van der Waals surface area contributed by atoms with E-state index >= 15 is 0 Å². The molecule has 35 heavy (non-hydrogen) atoms. The minimum atomic E-state index is -0.0359. The number of likely N-dealkylation sites (tertiary alicyclic amines) is 1. The number of thiophene rings is 1. The summed E-state index contributed by atoms with van der Waals surface area (Å²) in [6.07, 6.45) is 8.44. The van der Waals surface area contributed by atoms with E-state index in [1.807, 2.05) is 23.4 Å². The van der Waals surface area contributed by atoms with Gasteiger partial charge in [-0.15, -0.1) is 11.3 Å². The first-order valence-electron chi connectivity index (χ1n) is 12.5. The van der Waals surface area contributed by atoms with Gasteiger partial charge in [0.25, 0.3) is 5.91 Å². The molecule has 2 saturated heterocycles. The molecule has 3 aliphatic rings. The molecule has 1 amide bonds. The number of carbonyl (C=O) groups excluding carboxylic acids is 1. The molecule has 0 aromatic carbocycles. The van der Waals surface area contributed by atoms with Crippen molar-refractivity contribution in [3.05, 3.63) is 41.0 Å². The van der Waals surface area contributed by atoms with E-state index in [4.69, 9.17) is 5.26 Å². The monoisotopic (exact) mass is 487 g/mol. The number of amides is 1. The Morgan fingerprint density at radius 3 is 2.60 bits per heavy atom. The summed E-state index contributed by atoms with van der Waals surface area (Å²) in [4.78, 5) is 27.6. The molecule has 2 N–H and O–H groups in total. The molecule has 3 fully saturated rings. The fourth-order valence-corrected chi connectivity index (χ4v) is 6.65. The highest BCUT2D eigenvalue weighted by Crippen LogP contribution is 2.44. The van der Waals surface area contributed by atoms with E-state index in [-0.39, 0.29) is 11.8 Å². The van der Waals surface area contributed by atoms with Crippen LogP contribution in [-0.2, 0) is 0 Å². The maximum atomic E-state index is 13.3. The lowest BCUT2D eigenvalue weighted by molar-refractivity contribution is 0.0581. The van der Waals surface area contributed by atoms with Gasteiger partial charge >= 0.3 is 0 Å². The third kappa shape index (κ3) is 4.32. The number of pyridine rings is 2. The van der Waals surface area contributed by atoms with Crippen LogP contribution in [0.25, 0.3) is 10.1 Å². The normalized spacial score (nSPS) is 19.1. The predicted octanol–water partition coefficient (Wildman–Crippen LogP) is 4.10. The number of fused-ring (bicyclic) bond motifs is 1. The summed E-state index contributed by atoms with van der Waals surface area (Å²) < 4.78 is 1.04. The van der Waals surface area contributed by atoms with Gasteiger partial charge in [0.05, 0.1) is 33.4 Å². The van der Waals surface area contributed by atoms with Gasteiger partial charge in [0.2, 0.25) is 0 Å². The van der Waals surface area contributed by atoms with Crippen LogP contribution in [0.1, 0.15) is 46.8 Å². The highest BCUT2D eigenvalue weighted by Gasteiger charge is 2.35. The van der Waals surface area contributed by atoms with Crippen LogP contribution in [0.2, 0.25) is 0 Å². The average molecular weight is 488 g/mol. The summed E-state index contributed by atoms with van der Waals surface area (Å²) in [6.45, 7) is 5.04. The first-order chi connectivity index (χ1) is 17.2. The Morgan fingerprint density at radius 1 is 1.11 bits per heavy atom. The molecule has 8 nitrogen and oxygen atoms in total. The van der Waals surface area contributed by atoms with Crippen molar-refractivity contribution in [1.82, 2.24) is 20.2 Å². The quantitative estimate of drug-likeness (QED) is 0.559. The molecule has 9 heteroatoms. The van der Waals surface area contributed by atoms with Crippen LogP contribution in [-0.4, -0.2) is 60.0 Å². The lowest BCUT2D eigenvalue weighted by atomic mass is 9.93. The number of hydrogen-bond acceptors (Lipinski definition) is 8. The van der Waals surface area contributed by atoms with E-state index in [9.17, 15) is 4.79 Å². The Bertz CT molecular complexity index is 1260. The van der Waals surface area contributed by atoms with Gasteiger partial charge in [0, 0.05) is 50.9 Å². The van der Waals surface area contributed by atoms with Crippen molar-refractivity contribution in [2.24, 2.45) is 5.92 Å². The molecular formula is C26H29N7OS. The Balaban J connectivity index is 1.27. The molecule has 3 aromatic rings. The molecule has 180 valence electrons. The van der Waals surface area contributed by atoms with Gasteiger partial charge in [-0.05, 0) is 42.5 Å². The van der Waals surface area contributed by atoms with Crippen LogP contribution in [0.3, 0.4) is 0 Å². The zero-order valence-electron chi connectivity index (χ0n) is 19.7. The smallest absolute Gasteiger partial charge is 0.264 e. The molecule has 0 atom stereocenters. The van der Waals surface area contributed by atoms with Gasteiger partial charge in [-0.2, -0.15) is 5.26 Å². The second-order valence-corrected chi connectivity index (χ2v) is 10.7. The number of anilines is 3. The fourth-order valence-electron chi connectivity index (χ4n) is 5.44. The molecule has 1 aliphatic carbocycles. The zero-order chi connectivity index (χ0) is 23.8. The highest BCUT2D eigenvalue weighted by molar-refractivity contribution is 7.21. The van der Waals surface area contributed by atoms with E-state index in [1.165, 1.54) is 18.4 Å². The molecule has 0 radical (unpaired) electrons. The van der Waals surface area contributed by atoms with Crippen molar-refractivity contribution in [2.45, 2.75) is 31.6 Å². The predicted molar refractivity (Wildman–Crippen MR) is 138 cm³/mol. The lowest BCUT2D eigenvalue weighted by Gasteiger charge is -2.35.